The Balaban J connectivity index is 1.75. The molecule has 1 saturated heterocycles. The van der Waals surface area contributed by atoms with Crippen LogP contribution in [0.25, 0.3) is 5.57 Å². The molecule has 1 aromatic heterocycles. The number of ketones is 1. The van der Waals surface area contributed by atoms with Crippen molar-refractivity contribution in [1.82, 2.24) is 4.98 Å². The highest BCUT2D eigenvalue weighted by atomic mass is 16.1. The van der Waals surface area contributed by atoms with Crippen LogP contribution in [0.5, 0.6) is 0 Å². The number of aryl methyl sites for hydroxylation is 3. The number of rotatable bonds is 8. The van der Waals surface area contributed by atoms with Gasteiger partial charge in [0.15, 0.2) is 5.78 Å². The number of carbonyl (C=O) groups excluding carboxylic acids is 1. The van der Waals surface area contributed by atoms with E-state index in [4.69, 9.17) is 4.98 Å². The molecule has 2 aromatic rings. The summed E-state index contributed by atoms with van der Waals surface area (Å²) in [4.78, 5) is 19.7. The molecule has 0 saturated carbocycles. The average Bonchev–Trinajstić information content (AvgIpc) is 2.77. The van der Waals surface area contributed by atoms with Gasteiger partial charge in [-0.25, -0.2) is 0 Å². The Morgan fingerprint density at radius 3 is 2.52 bits per heavy atom. The van der Waals surface area contributed by atoms with E-state index >= 15 is 0 Å². The lowest BCUT2D eigenvalue weighted by Gasteiger charge is -2.28. The fourth-order valence-electron chi connectivity index (χ4n) is 4.13. The second-order valence-corrected chi connectivity index (χ2v) is 8.02. The molecule has 3 rings (SSSR count). The number of Topliss-reactive ketones (excluding diaryl/α,β-unsaturated/α-hetero) is 1. The highest BCUT2D eigenvalue weighted by molar-refractivity contribution is 6.21. The van der Waals surface area contributed by atoms with Gasteiger partial charge in [0.2, 0.25) is 0 Å². The number of nitrogens with zero attached hydrogens (tertiary/aromatic N) is 2. The summed E-state index contributed by atoms with van der Waals surface area (Å²) in [5, 5.41) is 0. The second-order valence-electron chi connectivity index (χ2n) is 8.02. The van der Waals surface area contributed by atoms with E-state index < -0.39 is 0 Å². The molecule has 1 aliphatic heterocycles. The molecule has 1 fully saturated rings. The zero-order valence-corrected chi connectivity index (χ0v) is 18.2. The standard InChI is InChI=1S/C26H34N2O/c1-4-9-25(26(29)5-2)24-15-10-20(3)18-21(24)11-12-22-13-14-23(19-27-22)28-16-7-6-8-17-28/h9-10,13-15,18-19H,4-8,11-12,16-17H2,1-3H3/b25-9+. The summed E-state index contributed by atoms with van der Waals surface area (Å²) in [7, 11) is 0. The van der Waals surface area contributed by atoms with Gasteiger partial charge in [-0.05, 0) is 68.7 Å². The number of anilines is 1. The molecule has 3 nitrogen and oxygen atoms in total. The van der Waals surface area contributed by atoms with Crippen molar-refractivity contribution in [2.45, 2.75) is 65.7 Å². The van der Waals surface area contributed by atoms with Gasteiger partial charge in [-0.3, -0.25) is 9.78 Å². The molecule has 0 amide bonds. The zero-order chi connectivity index (χ0) is 20.6. The Morgan fingerprint density at radius 2 is 1.86 bits per heavy atom. The van der Waals surface area contributed by atoms with Crippen LogP contribution in [0, 0.1) is 6.92 Å². The minimum Gasteiger partial charge on any atom is -0.370 e. The van der Waals surface area contributed by atoms with E-state index in [0.717, 1.165) is 49.2 Å². The highest BCUT2D eigenvalue weighted by Crippen LogP contribution is 2.25. The number of carbonyl (C=O) groups is 1. The molecule has 0 spiro atoms. The molecule has 0 N–H and O–H groups in total. The molecular weight excluding hydrogens is 356 g/mol. The molecule has 154 valence electrons. The first kappa shape index (κ1) is 21.3. The fraction of sp³-hybridized carbons (Fsp3) is 0.462. The van der Waals surface area contributed by atoms with Gasteiger partial charge in [-0.1, -0.05) is 43.7 Å². The van der Waals surface area contributed by atoms with Crippen LogP contribution >= 0.6 is 0 Å². The number of hydrogen-bond donors (Lipinski definition) is 0. The zero-order valence-electron chi connectivity index (χ0n) is 18.2. The van der Waals surface area contributed by atoms with Crippen LogP contribution in [-0.2, 0) is 17.6 Å². The lowest BCUT2D eigenvalue weighted by molar-refractivity contribution is -0.113. The van der Waals surface area contributed by atoms with Gasteiger partial charge in [0.05, 0.1) is 11.9 Å². The lowest BCUT2D eigenvalue weighted by atomic mass is 9.91. The van der Waals surface area contributed by atoms with Crippen LogP contribution in [0.15, 0.2) is 42.6 Å². The normalized spacial score (nSPS) is 14.9. The van der Waals surface area contributed by atoms with Crippen LogP contribution < -0.4 is 4.90 Å². The molecule has 0 unspecified atom stereocenters. The van der Waals surface area contributed by atoms with E-state index in [9.17, 15) is 4.79 Å². The minimum absolute atomic E-state index is 0.223. The minimum atomic E-state index is 0.223. The van der Waals surface area contributed by atoms with Crippen LogP contribution in [0.4, 0.5) is 5.69 Å². The summed E-state index contributed by atoms with van der Waals surface area (Å²) in [6.45, 7) is 8.43. The van der Waals surface area contributed by atoms with E-state index in [2.05, 4.69) is 55.2 Å². The number of aromatic nitrogens is 1. The Morgan fingerprint density at radius 1 is 1.07 bits per heavy atom. The van der Waals surface area contributed by atoms with Crippen molar-refractivity contribution in [3.05, 3.63) is 65.0 Å². The third-order valence-corrected chi connectivity index (χ3v) is 5.76. The van der Waals surface area contributed by atoms with Gasteiger partial charge >= 0.3 is 0 Å². The third-order valence-electron chi connectivity index (χ3n) is 5.76. The maximum Gasteiger partial charge on any atom is 0.162 e. The predicted octanol–water partition coefficient (Wildman–Crippen LogP) is 5.94. The maximum atomic E-state index is 12.5. The highest BCUT2D eigenvalue weighted by Gasteiger charge is 2.15. The Kier molecular flexibility index (Phi) is 7.62. The number of hydrogen-bond acceptors (Lipinski definition) is 3. The monoisotopic (exact) mass is 390 g/mol. The average molecular weight is 391 g/mol. The SMILES string of the molecule is CC/C=C(/C(=O)CC)c1ccc(C)cc1CCc1ccc(N2CCCCC2)cn1. The van der Waals surface area contributed by atoms with E-state index in [1.165, 1.54) is 36.1 Å². The lowest BCUT2D eigenvalue weighted by Crippen LogP contribution is -2.29. The summed E-state index contributed by atoms with van der Waals surface area (Å²) in [5.41, 5.74) is 6.80. The number of pyridine rings is 1. The van der Waals surface area contributed by atoms with Gasteiger partial charge in [0.25, 0.3) is 0 Å². The fourth-order valence-corrected chi connectivity index (χ4v) is 4.13. The van der Waals surface area contributed by atoms with Crippen molar-refractivity contribution in [1.29, 1.82) is 0 Å². The van der Waals surface area contributed by atoms with Gasteiger partial charge < -0.3 is 4.90 Å². The molecule has 0 radical (unpaired) electrons. The summed E-state index contributed by atoms with van der Waals surface area (Å²) in [6.07, 6.45) is 11.2. The van der Waals surface area contributed by atoms with E-state index in [1.54, 1.807) is 0 Å². The van der Waals surface area contributed by atoms with Crippen LogP contribution in [-0.4, -0.2) is 23.9 Å². The second kappa shape index (κ2) is 10.4. The van der Waals surface area contributed by atoms with Crippen molar-refractivity contribution in [3.8, 4) is 0 Å². The summed E-state index contributed by atoms with van der Waals surface area (Å²) >= 11 is 0. The van der Waals surface area contributed by atoms with Crippen molar-refractivity contribution < 1.29 is 4.79 Å². The molecule has 1 aliphatic rings. The summed E-state index contributed by atoms with van der Waals surface area (Å²) in [6, 6.07) is 10.8. The molecule has 2 heterocycles. The number of benzene rings is 1. The molecule has 1 aromatic carbocycles. The van der Waals surface area contributed by atoms with E-state index in [0.29, 0.717) is 6.42 Å². The van der Waals surface area contributed by atoms with Gasteiger partial charge in [-0.2, -0.15) is 0 Å². The molecule has 0 atom stereocenters. The van der Waals surface area contributed by atoms with Gasteiger partial charge in [-0.15, -0.1) is 0 Å². The third kappa shape index (κ3) is 5.56. The van der Waals surface area contributed by atoms with Crippen LogP contribution in [0.2, 0.25) is 0 Å². The quantitative estimate of drug-likeness (QED) is 0.523. The smallest absolute Gasteiger partial charge is 0.162 e. The number of allylic oxidation sites excluding steroid dienone is 2. The predicted molar refractivity (Wildman–Crippen MR) is 122 cm³/mol. The largest absolute Gasteiger partial charge is 0.370 e. The van der Waals surface area contributed by atoms with Gasteiger partial charge in [0, 0.05) is 30.8 Å². The van der Waals surface area contributed by atoms with Crippen LogP contribution in [0.1, 0.15) is 68.3 Å². The van der Waals surface area contributed by atoms with Crippen LogP contribution in [0.3, 0.4) is 0 Å². The molecule has 3 heteroatoms. The van der Waals surface area contributed by atoms with Crippen molar-refractivity contribution >= 4 is 17.0 Å². The van der Waals surface area contributed by atoms with E-state index in [-0.39, 0.29) is 5.78 Å². The Hall–Kier alpha value is -2.42. The van der Waals surface area contributed by atoms with Crippen molar-refractivity contribution in [3.63, 3.8) is 0 Å². The van der Waals surface area contributed by atoms with E-state index in [1.807, 2.05) is 13.1 Å². The van der Waals surface area contributed by atoms with Crippen molar-refractivity contribution in [2.75, 3.05) is 18.0 Å². The molecule has 29 heavy (non-hydrogen) atoms. The maximum absolute atomic E-state index is 12.5. The first-order chi connectivity index (χ1) is 14.1. The van der Waals surface area contributed by atoms with Crippen molar-refractivity contribution in [2.24, 2.45) is 0 Å². The Labute approximate surface area is 175 Å². The van der Waals surface area contributed by atoms with Gasteiger partial charge in [0.1, 0.15) is 0 Å². The summed E-state index contributed by atoms with van der Waals surface area (Å²) in [5.74, 6) is 0.223. The first-order valence-corrected chi connectivity index (χ1v) is 11.2. The summed E-state index contributed by atoms with van der Waals surface area (Å²) < 4.78 is 0. The topological polar surface area (TPSA) is 33.2 Å². The molecular formula is C26H34N2O. The first-order valence-electron chi connectivity index (χ1n) is 11.2. The Bertz CT molecular complexity index is 846. The number of piperidine rings is 1. The molecule has 0 bridgehead atoms. The molecule has 0 aliphatic carbocycles.